The maximum absolute atomic E-state index is 12.6. The third-order valence-corrected chi connectivity index (χ3v) is 5.77. The van der Waals surface area contributed by atoms with Crippen molar-refractivity contribution in [2.24, 2.45) is 0 Å². The van der Waals surface area contributed by atoms with Crippen molar-refractivity contribution in [1.29, 1.82) is 0 Å². The fourth-order valence-corrected chi connectivity index (χ4v) is 4.43. The van der Waals surface area contributed by atoms with Crippen molar-refractivity contribution in [1.82, 2.24) is 0 Å². The van der Waals surface area contributed by atoms with Crippen LogP contribution >= 0.6 is 0 Å². The lowest BCUT2D eigenvalue weighted by molar-refractivity contribution is -0.131. The Bertz CT molecular complexity index is 540. The van der Waals surface area contributed by atoms with Gasteiger partial charge in [0.05, 0.1) is 16.4 Å². The van der Waals surface area contributed by atoms with E-state index in [4.69, 9.17) is 19.0 Å². The van der Waals surface area contributed by atoms with E-state index in [0.717, 1.165) is 12.8 Å². The number of ether oxygens (including phenoxy) is 2. The van der Waals surface area contributed by atoms with E-state index in [1.54, 1.807) is 0 Å². The predicted molar refractivity (Wildman–Crippen MR) is 73.8 cm³/mol. The summed E-state index contributed by atoms with van der Waals surface area (Å²) in [6.07, 6.45) is 3.03. The molecule has 2 saturated heterocycles. The zero-order chi connectivity index (χ0) is 14.9. The van der Waals surface area contributed by atoms with Gasteiger partial charge in [0, 0.05) is 25.1 Å². The van der Waals surface area contributed by atoms with Crippen LogP contribution in [-0.4, -0.2) is 46.0 Å². The Morgan fingerprint density at radius 2 is 2.05 bits per heavy atom. The summed E-state index contributed by atoms with van der Waals surface area (Å²) < 4.78 is 29.1. The number of carbonyl (C=O) groups is 1. The van der Waals surface area contributed by atoms with Crippen molar-refractivity contribution < 1.29 is 28.0 Å². The molecule has 0 bridgehead atoms. The molecule has 2 aliphatic heterocycles. The molecule has 0 amide bonds. The molecule has 6 nitrogen and oxygen atoms in total. The Labute approximate surface area is 124 Å². The average molecular weight is 314 g/mol. The summed E-state index contributed by atoms with van der Waals surface area (Å²) in [5, 5.41) is 9.03. The third-order valence-electron chi connectivity index (χ3n) is 4.14. The maximum Gasteiger partial charge on any atom is 0.371 e. The number of aromatic carboxylic acids is 1. The Balaban J connectivity index is 1.73. The fourth-order valence-electron chi connectivity index (χ4n) is 2.96. The molecule has 2 unspecified atom stereocenters. The second kappa shape index (κ2) is 5.90. The first kappa shape index (κ1) is 14.7. The minimum atomic E-state index is -1.34. The third kappa shape index (κ3) is 3.04. The van der Waals surface area contributed by atoms with Crippen molar-refractivity contribution in [2.75, 3.05) is 19.8 Å². The summed E-state index contributed by atoms with van der Waals surface area (Å²) in [5.74, 6) is -1.32. The molecule has 3 rings (SSSR count). The van der Waals surface area contributed by atoms with Crippen LogP contribution in [0.4, 0.5) is 0 Å². The summed E-state index contributed by atoms with van der Waals surface area (Å²) in [6.45, 7) is 1.91. The largest absolute Gasteiger partial charge is 0.475 e. The first-order valence-corrected chi connectivity index (χ1v) is 8.26. The summed E-state index contributed by atoms with van der Waals surface area (Å²) in [7, 11) is -1.34. The molecule has 0 aromatic carbocycles. The minimum Gasteiger partial charge on any atom is -0.475 e. The Morgan fingerprint density at radius 1 is 1.29 bits per heavy atom. The number of carboxylic acid groups (broad SMARTS) is 1. The first-order chi connectivity index (χ1) is 10.1. The van der Waals surface area contributed by atoms with Crippen molar-refractivity contribution in [3.05, 3.63) is 17.9 Å². The molecule has 116 valence electrons. The molecular weight excluding hydrogens is 296 g/mol. The van der Waals surface area contributed by atoms with E-state index in [1.165, 1.54) is 12.1 Å². The van der Waals surface area contributed by atoms with Gasteiger partial charge in [0.15, 0.2) is 5.09 Å². The van der Waals surface area contributed by atoms with Gasteiger partial charge >= 0.3 is 5.97 Å². The van der Waals surface area contributed by atoms with Crippen molar-refractivity contribution in [3.63, 3.8) is 0 Å². The van der Waals surface area contributed by atoms with Gasteiger partial charge in [-0.15, -0.1) is 0 Å². The van der Waals surface area contributed by atoms with Crippen LogP contribution in [0.2, 0.25) is 0 Å². The summed E-state index contributed by atoms with van der Waals surface area (Å²) in [4.78, 5) is 10.8. The number of rotatable bonds is 3. The van der Waals surface area contributed by atoms with Crippen molar-refractivity contribution in [3.8, 4) is 0 Å². The molecule has 7 heteroatoms. The zero-order valence-electron chi connectivity index (χ0n) is 11.6. The summed E-state index contributed by atoms with van der Waals surface area (Å²) in [6, 6.07) is 2.84. The molecule has 2 atom stereocenters. The normalized spacial score (nSPS) is 26.6. The number of hydrogen-bond acceptors (Lipinski definition) is 5. The van der Waals surface area contributed by atoms with E-state index >= 15 is 0 Å². The van der Waals surface area contributed by atoms with Gasteiger partial charge in [0.25, 0.3) is 0 Å². The molecular formula is C14H18O6S. The van der Waals surface area contributed by atoms with Crippen LogP contribution in [0.15, 0.2) is 21.6 Å². The van der Waals surface area contributed by atoms with E-state index < -0.39 is 16.8 Å². The Kier molecular flexibility index (Phi) is 4.14. The second-order valence-electron chi connectivity index (χ2n) is 5.48. The predicted octanol–water partition coefficient (Wildman–Crippen LogP) is 1.81. The van der Waals surface area contributed by atoms with Gasteiger partial charge in [-0.25, -0.2) is 4.79 Å². The van der Waals surface area contributed by atoms with Crippen LogP contribution in [0.3, 0.4) is 0 Å². The molecule has 21 heavy (non-hydrogen) atoms. The monoisotopic (exact) mass is 314 g/mol. The van der Waals surface area contributed by atoms with Gasteiger partial charge < -0.3 is 19.0 Å². The Morgan fingerprint density at radius 3 is 2.71 bits per heavy atom. The highest BCUT2D eigenvalue weighted by Gasteiger charge is 2.41. The number of hydrogen-bond donors (Lipinski definition) is 1. The van der Waals surface area contributed by atoms with E-state index in [0.29, 0.717) is 32.7 Å². The van der Waals surface area contributed by atoms with Crippen molar-refractivity contribution in [2.45, 2.75) is 41.6 Å². The minimum absolute atomic E-state index is 0.0651. The summed E-state index contributed by atoms with van der Waals surface area (Å²) in [5.41, 5.74) is -0.237. The Hall–Kier alpha value is -1.18. The standard InChI is InChI=1S/C14H18O6S/c15-13(16)11-1-2-12(20-11)21(17)10-3-6-19-14(9-10)4-7-18-8-5-14/h1-2,10H,3-9H2,(H,15,16). The highest BCUT2D eigenvalue weighted by molar-refractivity contribution is 7.85. The molecule has 0 saturated carbocycles. The lowest BCUT2D eigenvalue weighted by Gasteiger charge is -2.42. The first-order valence-electron chi connectivity index (χ1n) is 7.05. The molecule has 0 aliphatic carbocycles. The smallest absolute Gasteiger partial charge is 0.371 e. The summed E-state index contributed by atoms with van der Waals surface area (Å²) >= 11 is 0. The second-order valence-corrected chi connectivity index (χ2v) is 7.14. The number of furan rings is 1. The number of carboxylic acids is 1. The van der Waals surface area contributed by atoms with Gasteiger partial charge in [0.1, 0.15) is 0 Å². The van der Waals surface area contributed by atoms with E-state index in [1.807, 2.05) is 0 Å². The fraction of sp³-hybridized carbons (Fsp3) is 0.643. The van der Waals surface area contributed by atoms with Crippen LogP contribution < -0.4 is 0 Å². The highest BCUT2D eigenvalue weighted by Crippen LogP contribution is 2.37. The van der Waals surface area contributed by atoms with Gasteiger partial charge in [-0.2, -0.15) is 0 Å². The SMILES string of the molecule is O=C(O)c1ccc(S(=O)C2CCOC3(CCOCC3)C2)o1. The van der Waals surface area contributed by atoms with Crippen LogP contribution in [-0.2, 0) is 20.3 Å². The van der Waals surface area contributed by atoms with Gasteiger partial charge in [0.2, 0.25) is 5.76 Å². The maximum atomic E-state index is 12.6. The quantitative estimate of drug-likeness (QED) is 0.916. The molecule has 3 heterocycles. The molecule has 0 radical (unpaired) electrons. The van der Waals surface area contributed by atoms with E-state index in [2.05, 4.69) is 0 Å². The van der Waals surface area contributed by atoms with Gasteiger partial charge in [-0.3, -0.25) is 4.21 Å². The van der Waals surface area contributed by atoms with E-state index in [-0.39, 0.29) is 21.7 Å². The molecule has 1 aromatic rings. The van der Waals surface area contributed by atoms with Gasteiger partial charge in [-0.05, 0) is 37.8 Å². The van der Waals surface area contributed by atoms with Crippen LogP contribution in [0, 0.1) is 0 Å². The molecule has 1 spiro atoms. The molecule has 2 fully saturated rings. The lowest BCUT2D eigenvalue weighted by atomic mass is 9.86. The van der Waals surface area contributed by atoms with Crippen LogP contribution in [0.25, 0.3) is 0 Å². The van der Waals surface area contributed by atoms with Crippen molar-refractivity contribution >= 4 is 16.8 Å². The van der Waals surface area contributed by atoms with Gasteiger partial charge in [-0.1, -0.05) is 0 Å². The zero-order valence-corrected chi connectivity index (χ0v) is 12.4. The average Bonchev–Trinajstić information content (AvgIpc) is 2.97. The lowest BCUT2D eigenvalue weighted by Crippen LogP contribution is -2.46. The molecule has 2 aliphatic rings. The molecule has 1 N–H and O–H groups in total. The van der Waals surface area contributed by atoms with Crippen LogP contribution in [0.1, 0.15) is 36.2 Å². The van der Waals surface area contributed by atoms with Crippen LogP contribution in [0.5, 0.6) is 0 Å². The highest BCUT2D eigenvalue weighted by atomic mass is 32.2. The van der Waals surface area contributed by atoms with E-state index in [9.17, 15) is 9.00 Å². The molecule has 1 aromatic heterocycles. The topological polar surface area (TPSA) is 86.0 Å².